The minimum atomic E-state index is 0.145. The van der Waals surface area contributed by atoms with Gasteiger partial charge in [-0.25, -0.2) is 9.97 Å². The largest absolute Gasteiger partial charge is 0.309 e. The van der Waals surface area contributed by atoms with Crippen LogP contribution in [0.4, 0.5) is 0 Å². The van der Waals surface area contributed by atoms with E-state index in [2.05, 4.69) is 48.2 Å². The Bertz CT molecular complexity index is 512. The summed E-state index contributed by atoms with van der Waals surface area (Å²) in [5.41, 5.74) is 6.31. The second-order valence-electron chi connectivity index (χ2n) is 4.71. The summed E-state index contributed by atoms with van der Waals surface area (Å²) in [4.78, 5) is 8.21. The number of hydrogen-bond donors (Lipinski definition) is 1. The Kier molecular flexibility index (Phi) is 3.72. The van der Waals surface area contributed by atoms with Gasteiger partial charge in [-0.2, -0.15) is 0 Å². The van der Waals surface area contributed by atoms with Crippen LogP contribution in [0.15, 0.2) is 30.9 Å². The third-order valence-corrected chi connectivity index (χ3v) is 3.23. The number of nitrogens with one attached hydrogen (secondary N) is 1. The van der Waals surface area contributed by atoms with Crippen molar-refractivity contribution >= 4 is 0 Å². The van der Waals surface area contributed by atoms with E-state index < -0.39 is 0 Å². The number of hydrogen-bond acceptors (Lipinski definition) is 3. The van der Waals surface area contributed by atoms with Gasteiger partial charge in [0.2, 0.25) is 0 Å². The number of nitrogens with zero attached hydrogens (tertiary/aromatic N) is 2. The first kappa shape index (κ1) is 12.7. The van der Waals surface area contributed by atoms with Gasteiger partial charge in [-0.15, -0.1) is 0 Å². The molecule has 1 N–H and O–H groups in total. The third kappa shape index (κ3) is 2.41. The van der Waals surface area contributed by atoms with E-state index in [0.717, 1.165) is 5.56 Å². The third-order valence-electron chi connectivity index (χ3n) is 3.23. The molecule has 0 saturated carbocycles. The SMILES string of the molecule is CNC(c1cncnc1)c1c(C)cc(C)cc1C. The fraction of sp³-hybridized carbons (Fsp3) is 0.333. The number of aryl methyl sites for hydroxylation is 3. The summed E-state index contributed by atoms with van der Waals surface area (Å²) in [6.07, 6.45) is 5.30. The lowest BCUT2D eigenvalue weighted by Crippen LogP contribution is -2.20. The van der Waals surface area contributed by atoms with Crippen LogP contribution in [0.25, 0.3) is 0 Å². The molecule has 1 atom stereocenters. The van der Waals surface area contributed by atoms with Gasteiger partial charge in [0.25, 0.3) is 0 Å². The highest BCUT2D eigenvalue weighted by Gasteiger charge is 2.17. The lowest BCUT2D eigenvalue weighted by atomic mass is 9.91. The van der Waals surface area contributed by atoms with Crippen LogP contribution in [0, 0.1) is 20.8 Å². The number of aromatic nitrogens is 2. The summed E-state index contributed by atoms with van der Waals surface area (Å²) in [6, 6.07) is 4.58. The maximum absolute atomic E-state index is 4.10. The van der Waals surface area contributed by atoms with Gasteiger partial charge in [0, 0.05) is 18.0 Å². The molecule has 1 aromatic heterocycles. The molecule has 2 rings (SSSR count). The van der Waals surface area contributed by atoms with E-state index >= 15 is 0 Å². The molecule has 1 aromatic carbocycles. The molecule has 0 aliphatic rings. The molecular weight excluding hydrogens is 222 g/mol. The normalized spacial score (nSPS) is 12.4. The summed E-state index contributed by atoms with van der Waals surface area (Å²) in [7, 11) is 1.97. The standard InChI is InChI=1S/C15H19N3/c1-10-5-11(2)14(12(3)6-10)15(16-4)13-7-17-9-18-8-13/h5-9,15-16H,1-4H3. The zero-order chi connectivity index (χ0) is 13.1. The Labute approximate surface area is 108 Å². The van der Waals surface area contributed by atoms with Crippen molar-refractivity contribution in [1.82, 2.24) is 15.3 Å². The van der Waals surface area contributed by atoms with E-state index in [4.69, 9.17) is 0 Å². The Morgan fingerprint density at radius 1 is 1.00 bits per heavy atom. The van der Waals surface area contributed by atoms with E-state index in [-0.39, 0.29) is 6.04 Å². The van der Waals surface area contributed by atoms with Crippen LogP contribution in [-0.2, 0) is 0 Å². The molecule has 0 radical (unpaired) electrons. The predicted molar refractivity (Wildman–Crippen MR) is 73.6 cm³/mol. The molecule has 0 fully saturated rings. The average Bonchev–Trinajstić information content (AvgIpc) is 2.34. The summed E-state index contributed by atoms with van der Waals surface area (Å²) in [5, 5.41) is 3.36. The summed E-state index contributed by atoms with van der Waals surface area (Å²) in [6.45, 7) is 6.44. The molecule has 94 valence electrons. The molecule has 1 heterocycles. The van der Waals surface area contributed by atoms with E-state index in [9.17, 15) is 0 Å². The van der Waals surface area contributed by atoms with E-state index in [1.165, 1.54) is 22.3 Å². The Hall–Kier alpha value is -1.74. The Balaban J connectivity index is 2.52. The second kappa shape index (κ2) is 5.27. The van der Waals surface area contributed by atoms with Crippen molar-refractivity contribution in [3.05, 3.63) is 58.7 Å². The fourth-order valence-electron chi connectivity index (χ4n) is 2.58. The summed E-state index contributed by atoms with van der Waals surface area (Å²) < 4.78 is 0. The van der Waals surface area contributed by atoms with Gasteiger partial charge in [-0.1, -0.05) is 17.7 Å². The van der Waals surface area contributed by atoms with Gasteiger partial charge in [-0.3, -0.25) is 0 Å². The van der Waals surface area contributed by atoms with Crippen LogP contribution >= 0.6 is 0 Å². The van der Waals surface area contributed by atoms with Gasteiger partial charge in [0.1, 0.15) is 6.33 Å². The van der Waals surface area contributed by atoms with Crippen molar-refractivity contribution in [3.8, 4) is 0 Å². The molecule has 0 aliphatic carbocycles. The van der Waals surface area contributed by atoms with E-state index in [1.54, 1.807) is 6.33 Å². The number of benzene rings is 1. The lowest BCUT2D eigenvalue weighted by Gasteiger charge is -2.21. The summed E-state index contributed by atoms with van der Waals surface area (Å²) >= 11 is 0. The zero-order valence-electron chi connectivity index (χ0n) is 11.4. The van der Waals surface area contributed by atoms with Crippen molar-refractivity contribution in [3.63, 3.8) is 0 Å². The molecular formula is C15H19N3. The summed E-state index contributed by atoms with van der Waals surface area (Å²) in [5.74, 6) is 0. The highest BCUT2D eigenvalue weighted by atomic mass is 14.9. The van der Waals surface area contributed by atoms with Crippen LogP contribution in [0.5, 0.6) is 0 Å². The van der Waals surface area contributed by atoms with Gasteiger partial charge < -0.3 is 5.32 Å². The van der Waals surface area contributed by atoms with E-state index in [0.29, 0.717) is 0 Å². The van der Waals surface area contributed by atoms with Crippen molar-refractivity contribution in [2.75, 3.05) is 7.05 Å². The van der Waals surface area contributed by atoms with Gasteiger partial charge >= 0.3 is 0 Å². The molecule has 0 bridgehead atoms. The maximum atomic E-state index is 4.10. The zero-order valence-corrected chi connectivity index (χ0v) is 11.4. The topological polar surface area (TPSA) is 37.8 Å². The van der Waals surface area contributed by atoms with Crippen LogP contribution in [0.2, 0.25) is 0 Å². The highest BCUT2D eigenvalue weighted by molar-refractivity contribution is 5.43. The van der Waals surface area contributed by atoms with Crippen molar-refractivity contribution in [2.24, 2.45) is 0 Å². The minimum Gasteiger partial charge on any atom is -0.309 e. The first-order chi connectivity index (χ1) is 8.63. The molecule has 3 heteroatoms. The lowest BCUT2D eigenvalue weighted by molar-refractivity contribution is 0.676. The van der Waals surface area contributed by atoms with Gasteiger partial charge in [0.05, 0.1) is 6.04 Å². The monoisotopic (exact) mass is 241 g/mol. The molecule has 0 amide bonds. The Morgan fingerprint density at radius 2 is 1.56 bits per heavy atom. The predicted octanol–water partition coefficient (Wildman–Crippen LogP) is 2.71. The van der Waals surface area contributed by atoms with Crippen LogP contribution in [0.1, 0.15) is 33.9 Å². The maximum Gasteiger partial charge on any atom is 0.115 e. The second-order valence-corrected chi connectivity index (χ2v) is 4.71. The highest BCUT2D eigenvalue weighted by Crippen LogP contribution is 2.27. The fourth-order valence-corrected chi connectivity index (χ4v) is 2.58. The molecule has 2 aromatic rings. The van der Waals surface area contributed by atoms with Crippen LogP contribution in [-0.4, -0.2) is 17.0 Å². The smallest absolute Gasteiger partial charge is 0.115 e. The van der Waals surface area contributed by atoms with Crippen LogP contribution < -0.4 is 5.32 Å². The quantitative estimate of drug-likeness (QED) is 0.897. The average molecular weight is 241 g/mol. The molecule has 3 nitrogen and oxygen atoms in total. The van der Waals surface area contributed by atoms with E-state index in [1.807, 2.05) is 19.4 Å². The first-order valence-electron chi connectivity index (χ1n) is 6.13. The molecule has 18 heavy (non-hydrogen) atoms. The van der Waals surface area contributed by atoms with Crippen LogP contribution in [0.3, 0.4) is 0 Å². The van der Waals surface area contributed by atoms with Crippen molar-refractivity contribution in [2.45, 2.75) is 26.8 Å². The minimum absolute atomic E-state index is 0.145. The van der Waals surface area contributed by atoms with Crippen molar-refractivity contribution in [1.29, 1.82) is 0 Å². The molecule has 0 spiro atoms. The van der Waals surface area contributed by atoms with Crippen molar-refractivity contribution < 1.29 is 0 Å². The molecule has 0 saturated heterocycles. The Morgan fingerprint density at radius 3 is 2.06 bits per heavy atom. The first-order valence-corrected chi connectivity index (χ1v) is 6.13. The molecule has 0 aliphatic heterocycles. The van der Waals surface area contributed by atoms with Gasteiger partial charge in [-0.05, 0) is 44.5 Å². The molecule has 1 unspecified atom stereocenters. The van der Waals surface area contributed by atoms with Gasteiger partial charge in [0.15, 0.2) is 0 Å². The number of rotatable bonds is 3.